The molecule has 2 aromatic rings. The van der Waals surface area contributed by atoms with Crippen LogP contribution in [0.1, 0.15) is 36.8 Å². The Labute approximate surface area is 118 Å². The molecular weight excluding hydrogens is 256 g/mol. The van der Waals surface area contributed by atoms with Gasteiger partial charge in [-0.15, -0.1) is 0 Å². The summed E-state index contributed by atoms with van der Waals surface area (Å²) in [6.07, 6.45) is 1.55. The van der Waals surface area contributed by atoms with Crippen molar-refractivity contribution in [3.8, 4) is 0 Å². The van der Waals surface area contributed by atoms with E-state index in [-0.39, 0.29) is 12.0 Å². The van der Waals surface area contributed by atoms with Crippen LogP contribution in [0.3, 0.4) is 0 Å². The lowest BCUT2D eigenvalue weighted by molar-refractivity contribution is 0.0527. The number of rotatable bonds is 4. The zero-order valence-corrected chi connectivity index (χ0v) is 12.5. The first kappa shape index (κ1) is 14.3. The number of fused-ring (bicyclic) bond motifs is 1. The zero-order chi connectivity index (χ0) is 14.9. The van der Waals surface area contributed by atoms with E-state index in [0.29, 0.717) is 12.2 Å². The van der Waals surface area contributed by atoms with Gasteiger partial charge in [0.15, 0.2) is 5.65 Å². The quantitative estimate of drug-likeness (QED) is 0.868. The third-order valence-corrected chi connectivity index (χ3v) is 2.96. The van der Waals surface area contributed by atoms with Crippen molar-refractivity contribution in [3.63, 3.8) is 0 Å². The van der Waals surface area contributed by atoms with Crippen LogP contribution in [0.15, 0.2) is 6.20 Å². The molecular formula is C14H20N4O2. The third kappa shape index (κ3) is 2.45. The molecule has 0 unspecified atom stereocenters. The highest BCUT2D eigenvalue weighted by Crippen LogP contribution is 2.29. The van der Waals surface area contributed by atoms with Gasteiger partial charge in [-0.2, -0.15) is 5.10 Å². The molecule has 2 aromatic heterocycles. The average molecular weight is 276 g/mol. The van der Waals surface area contributed by atoms with E-state index in [0.717, 1.165) is 22.4 Å². The van der Waals surface area contributed by atoms with E-state index in [2.05, 4.69) is 15.4 Å². The summed E-state index contributed by atoms with van der Waals surface area (Å²) in [6, 6.07) is 0.188. The van der Waals surface area contributed by atoms with Crippen molar-refractivity contribution >= 4 is 22.7 Å². The summed E-state index contributed by atoms with van der Waals surface area (Å²) in [4.78, 5) is 16.4. The first-order valence-electron chi connectivity index (χ1n) is 6.71. The molecule has 0 aliphatic rings. The topological polar surface area (TPSA) is 69.0 Å². The Morgan fingerprint density at radius 3 is 2.80 bits per heavy atom. The summed E-state index contributed by atoms with van der Waals surface area (Å²) < 4.78 is 6.81. The van der Waals surface area contributed by atoms with Gasteiger partial charge in [0, 0.05) is 19.3 Å². The molecule has 1 N–H and O–H groups in total. The second-order valence-electron chi connectivity index (χ2n) is 4.97. The van der Waals surface area contributed by atoms with E-state index in [1.54, 1.807) is 17.8 Å². The van der Waals surface area contributed by atoms with Gasteiger partial charge in [-0.1, -0.05) is 0 Å². The van der Waals surface area contributed by atoms with Crippen LogP contribution in [-0.2, 0) is 11.8 Å². The zero-order valence-electron chi connectivity index (χ0n) is 12.5. The van der Waals surface area contributed by atoms with Crippen LogP contribution in [0.2, 0.25) is 0 Å². The molecule has 0 bridgehead atoms. The van der Waals surface area contributed by atoms with E-state index < -0.39 is 0 Å². The number of carbonyl (C=O) groups excluding carboxylic acids is 1. The molecule has 0 saturated carbocycles. The summed E-state index contributed by atoms with van der Waals surface area (Å²) in [5, 5.41) is 8.55. The van der Waals surface area contributed by atoms with Crippen LogP contribution >= 0.6 is 0 Å². The molecule has 0 atom stereocenters. The van der Waals surface area contributed by atoms with Gasteiger partial charge in [-0.25, -0.2) is 9.78 Å². The molecule has 0 aliphatic heterocycles. The summed E-state index contributed by atoms with van der Waals surface area (Å²) in [5.74, 6) is -0.367. The standard InChI is InChI=1S/C14H20N4O2/c1-6-20-14(19)10-7-15-13-11(9(4)17-18(13)5)12(10)16-8(2)3/h7-8H,6H2,1-5H3,(H,15,16). The molecule has 0 fully saturated rings. The number of aromatic nitrogens is 3. The van der Waals surface area contributed by atoms with Crippen molar-refractivity contribution in [1.29, 1.82) is 0 Å². The highest BCUT2D eigenvalue weighted by Gasteiger charge is 2.20. The van der Waals surface area contributed by atoms with Crippen LogP contribution in [0.25, 0.3) is 11.0 Å². The minimum absolute atomic E-state index is 0.188. The minimum atomic E-state index is -0.367. The smallest absolute Gasteiger partial charge is 0.341 e. The lowest BCUT2D eigenvalue weighted by Crippen LogP contribution is -2.16. The highest BCUT2D eigenvalue weighted by molar-refractivity contribution is 6.05. The lowest BCUT2D eigenvalue weighted by Gasteiger charge is -2.15. The maximum Gasteiger partial charge on any atom is 0.341 e. The number of esters is 1. The normalized spacial score (nSPS) is 11.1. The predicted molar refractivity (Wildman–Crippen MR) is 78.0 cm³/mol. The molecule has 2 heterocycles. The van der Waals surface area contributed by atoms with E-state index in [4.69, 9.17) is 4.74 Å². The van der Waals surface area contributed by atoms with Gasteiger partial charge >= 0.3 is 5.97 Å². The van der Waals surface area contributed by atoms with Crippen molar-refractivity contribution in [2.24, 2.45) is 7.05 Å². The SMILES string of the molecule is CCOC(=O)c1cnc2c(c(C)nn2C)c1NC(C)C. The fraction of sp³-hybridized carbons (Fsp3) is 0.500. The Morgan fingerprint density at radius 2 is 2.20 bits per heavy atom. The Kier molecular flexibility index (Phi) is 3.92. The Bertz CT molecular complexity index is 646. The van der Waals surface area contributed by atoms with Gasteiger partial charge in [0.2, 0.25) is 0 Å². The Hall–Kier alpha value is -2.11. The number of anilines is 1. The van der Waals surface area contributed by atoms with Gasteiger partial charge in [-0.3, -0.25) is 4.68 Å². The number of nitrogens with zero attached hydrogens (tertiary/aromatic N) is 3. The van der Waals surface area contributed by atoms with Crippen molar-refractivity contribution in [1.82, 2.24) is 14.8 Å². The molecule has 6 heteroatoms. The maximum absolute atomic E-state index is 12.1. The number of hydrogen-bond donors (Lipinski definition) is 1. The number of ether oxygens (including phenoxy) is 1. The van der Waals surface area contributed by atoms with Gasteiger partial charge in [0.1, 0.15) is 5.56 Å². The number of hydrogen-bond acceptors (Lipinski definition) is 5. The fourth-order valence-electron chi connectivity index (χ4n) is 2.21. The van der Waals surface area contributed by atoms with Crippen molar-refractivity contribution in [2.75, 3.05) is 11.9 Å². The second-order valence-corrected chi connectivity index (χ2v) is 4.97. The molecule has 0 radical (unpaired) electrons. The van der Waals surface area contributed by atoms with E-state index >= 15 is 0 Å². The van der Waals surface area contributed by atoms with Gasteiger partial charge in [0.25, 0.3) is 0 Å². The molecule has 0 spiro atoms. The van der Waals surface area contributed by atoms with Crippen LogP contribution in [0.4, 0.5) is 5.69 Å². The Balaban J connectivity index is 2.68. The van der Waals surface area contributed by atoms with Gasteiger partial charge < -0.3 is 10.1 Å². The molecule has 6 nitrogen and oxygen atoms in total. The molecule has 0 amide bonds. The molecule has 2 rings (SSSR count). The van der Waals surface area contributed by atoms with Crippen molar-refractivity contribution < 1.29 is 9.53 Å². The number of aryl methyl sites for hydroxylation is 2. The molecule has 20 heavy (non-hydrogen) atoms. The van der Waals surface area contributed by atoms with Crippen LogP contribution in [0.5, 0.6) is 0 Å². The number of nitrogens with one attached hydrogen (secondary N) is 1. The molecule has 0 aliphatic carbocycles. The number of carbonyl (C=O) groups is 1. The lowest BCUT2D eigenvalue weighted by atomic mass is 10.1. The summed E-state index contributed by atoms with van der Waals surface area (Å²) in [5.41, 5.74) is 2.78. The van der Waals surface area contributed by atoms with E-state index in [9.17, 15) is 4.79 Å². The fourth-order valence-corrected chi connectivity index (χ4v) is 2.21. The molecule has 0 saturated heterocycles. The Morgan fingerprint density at radius 1 is 1.50 bits per heavy atom. The van der Waals surface area contributed by atoms with E-state index in [1.165, 1.54) is 0 Å². The largest absolute Gasteiger partial charge is 0.462 e. The van der Waals surface area contributed by atoms with E-state index in [1.807, 2.05) is 27.8 Å². The van der Waals surface area contributed by atoms with Gasteiger partial charge in [-0.05, 0) is 27.7 Å². The predicted octanol–water partition coefficient (Wildman–Crippen LogP) is 2.27. The summed E-state index contributed by atoms with van der Waals surface area (Å²) >= 11 is 0. The molecule has 0 aromatic carbocycles. The highest BCUT2D eigenvalue weighted by atomic mass is 16.5. The van der Waals surface area contributed by atoms with Crippen LogP contribution in [0, 0.1) is 6.92 Å². The van der Waals surface area contributed by atoms with Crippen LogP contribution < -0.4 is 5.32 Å². The molecule has 108 valence electrons. The second kappa shape index (κ2) is 5.48. The average Bonchev–Trinajstić information content (AvgIpc) is 2.65. The third-order valence-electron chi connectivity index (χ3n) is 2.96. The first-order chi connectivity index (χ1) is 9.45. The maximum atomic E-state index is 12.1. The first-order valence-corrected chi connectivity index (χ1v) is 6.71. The van der Waals surface area contributed by atoms with Crippen LogP contribution in [-0.4, -0.2) is 33.4 Å². The summed E-state index contributed by atoms with van der Waals surface area (Å²) in [7, 11) is 1.84. The van der Waals surface area contributed by atoms with Gasteiger partial charge in [0.05, 0.1) is 23.4 Å². The van der Waals surface area contributed by atoms with Crippen molar-refractivity contribution in [2.45, 2.75) is 33.7 Å². The monoisotopic (exact) mass is 276 g/mol. The minimum Gasteiger partial charge on any atom is -0.462 e. The van der Waals surface area contributed by atoms with Crippen molar-refractivity contribution in [3.05, 3.63) is 17.5 Å². The summed E-state index contributed by atoms with van der Waals surface area (Å²) in [6.45, 7) is 8.07. The number of pyridine rings is 1.